The van der Waals surface area contributed by atoms with Crippen LogP contribution in [-0.4, -0.2) is 12.6 Å². The highest BCUT2D eigenvalue weighted by molar-refractivity contribution is 5.65. The second-order valence-corrected chi connectivity index (χ2v) is 2.68. The number of hydrogen-bond donors (Lipinski definition) is 0. The van der Waals surface area contributed by atoms with Crippen LogP contribution in [0.5, 0.6) is 0 Å². The van der Waals surface area contributed by atoms with Gasteiger partial charge in [-0.2, -0.15) is 0 Å². The molecule has 0 bridgehead atoms. The van der Waals surface area contributed by atoms with Crippen molar-refractivity contribution in [2.24, 2.45) is 0 Å². The number of esters is 1. The van der Waals surface area contributed by atoms with Crippen LogP contribution in [0.3, 0.4) is 0 Å². The molecule has 0 aromatic heterocycles. The molecule has 0 aromatic rings. The lowest BCUT2D eigenvalue weighted by molar-refractivity contribution is -0.139. The van der Waals surface area contributed by atoms with E-state index in [0.29, 0.717) is 6.61 Å². The van der Waals surface area contributed by atoms with Gasteiger partial charge in [0, 0.05) is 6.92 Å². The minimum atomic E-state index is -0.250. The summed E-state index contributed by atoms with van der Waals surface area (Å²) in [5, 5.41) is 0. The first-order valence-corrected chi connectivity index (χ1v) is 4.25. The molecule has 0 radical (unpaired) electrons. The average molecular weight is 180 g/mol. The van der Waals surface area contributed by atoms with Crippen LogP contribution in [0.15, 0.2) is 37.0 Å². The largest absolute Gasteiger partial charge is 0.462 e. The van der Waals surface area contributed by atoms with Crippen molar-refractivity contribution in [3.63, 3.8) is 0 Å². The molecular formula is C11H16O2. The van der Waals surface area contributed by atoms with Crippen molar-refractivity contribution >= 4 is 5.97 Å². The maximum absolute atomic E-state index is 10.3. The summed E-state index contributed by atoms with van der Waals surface area (Å²) in [6.07, 6.45) is 7.36. The molecule has 0 atom stereocenters. The maximum atomic E-state index is 10.3. The Labute approximate surface area is 79.6 Å². The van der Waals surface area contributed by atoms with Crippen LogP contribution in [0.1, 0.15) is 19.8 Å². The van der Waals surface area contributed by atoms with Crippen molar-refractivity contribution in [1.29, 1.82) is 0 Å². The van der Waals surface area contributed by atoms with Crippen LogP contribution in [0.2, 0.25) is 0 Å². The highest BCUT2D eigenvalue weighted by atomic mass is 16.5. The smallest absolute Gasteiger partial charge is 0.302 e. The number of hydrogen-bond acceptors (Lipinski definition) is 2. The van der Waals surface area contributed by atoms with Gasteiger partial charge in [-0.05, 0) is 12.8 Å². The minimum Gasteiger partial charge on any atom is -0.462 e. The number of carbonyl (C=O) groups excluding carboxylic acids is 1. The van der Waals surface area contributed by atoms with E-state index in [2.05, 4.69) is 13.2 Å². The number of rotatable bonds is 6. The second kappa shape index (κ2) is 7.35. The lowest BCUT2D eigenvalue weighted by atomic mass is 10.1. The topological polar surface area (TPSA) is 26.3 Å². The number of carbonyl (C=O) groups is 1. The summed E-state index contributed by atoms with van der Waals surface area (Å²) < 4.78 is 4.71. The zero-order valence-corrected chi connectivity index (χ0v) is 8.08. The van der Waals surface area contributed by atoms with Gasteiger partial charge < -0.3 is 4.74 Å². The molecule has 2 nitrogen and oxygen atoms in total. The third-order valence-corrected chi connectivity index (χ3v) is 1.47. The van der Waals surface area contributed by atoms with E-state index in [1.54, 1.807) is 6.08 Å². The Morgan fingerprint density at radius 3 is 2.69 bits per heavy atom. The van der Waals surface area contributed by atoms with Crippen LogP contribution in [-0.2, 0) is 9.53 Å². The monoisotopic (exact) mass is 180 g/mol. The fourth-order valence-electron chi connectivity index (χ4n) is 0.722. The molecule has 0 aliphatic carbocycles. The summed E-state index contributed by atoms with van der Waals surface area (Å²) in [7, 11) is 0. The Hall–Kier alpha value is -1.31. The van der Waals surface area contributed by atoms with Gasteiger partial charge in [-0.3, -0.25) is 4.79 Å². The Kier molecular flexibility index (Phi) is 6.60. The van der Waals surface area contributed by atoms with Crippen molar-refractivity contribution in [3.05, 3.63) is 37.0 Å². The SMILES string of the molecule is C=CC(=C)CC/C=C/COC(C)=O. The first-order valence-electron chi connectivity index (χ1n) is 4.25. The quantitative estimate of drug-likeness (QED) is 0.357. The summed E-state index contributed by atoms with van der Waals surface area (Å²) in [4.78, 5) is 10.3. The molecule has 0 aliphatic heterocycles. The van der Waals surface area contributed by atoms with E-state index < -0.39 is 0 Å². The Balaban J connectivity index is 3.36. The van der Waals surface area contributed by atoms with Crippen molar-refractivity contribution < 1.29 is 9.53 Å². The Morgan fingerprint density at radius 2 is 2.15 bits per heavy atom. The van der Waals surface area contributed by atoms with Gasteiger partial charge in [-0.1, -0.05) is 37.0 Å². The molecule has 0 spiro atoms. The predicted octanol–water partition coefficient (Wildman–Crippen LogP) is 2.63. The summed E-state index contributed by atoms with van der Waals surface area (Å²) in [5.41, 5.74) is 1.03. The van der Waals surface area contributed by atoms with E-state index in [9.17, 15) is 4.79 Å². The van der Waals surface area contributed by atoms with E-state index in [0.717, 1.165) is 18.4 Å². The zero-order valence-electron chi connectivity index (χ0n) is 8.08. The van der Waals surface area contributed by atoms with Crippen molar-refractivity contribution in [3.8, 4) is 0 Å². The Bertz CT molecular complexity index is 214. The molecule has 0 unspecified atom stereocenters. The molecule has 0 rings (SSSR count). The summed E-state index contributed by atoms with van der Waals surface area (Å²) in [6.45, 7) is 9.14. The third kappa shape index (κ3) is 8.60. The van der Waals surface area contributed by atoms with Crippen molar-refractivity contribution in [1.82, 2.24) is 0 Å². The van der Waals surface area contributed by atoms with Gasteiger partial charge in [0.1, 0.15) is 6.61 Å². The molecule has 13 heavy (non-hydrogen) atoms. The van der Waals surface area contributed by atoms with Crippen LogP contribution in [0.4, 0.5) is 0 Å². The average Bonchev–Trinajstić information content (AvgIpc) is 2.10. The standard InChI is InChI=1S/C11H16O2/c1-4-10(2)8-6-5-7-9-13-11(3)12/h4-5,7H,1-2,6,8-9H2,3H3/b7-5+. The molecule has 72 valence electrons. The van der Waals surface area contributed by atoms with Gasteiger partial charge in [0.15, 0.2) is 0 Å². The van der Waals surface area contributed by atoms with Crippen LogP contribution in [0, 0.1) is 0 Å². The highest BCUT2D eigenvalue weighted by Gasteiger charge is 1.87. The normalized spacial score (nSPS) is 9.92. The van der Waals surface area contributed by atoms with Crippen LogP contribution in [0.25, 0.3) is 0 Å². The van der Waals surface area contributed by atoms with Gasteiger partial charge >= 0.3 is 5.97 Å². The summed E-state index contributed by atoms with van der Waals surface area (Å²) >= 11 is 0. The molecule has 0 saturated heterocycles. The van der Waals surface area contributed by atoms with Crippen molar-refractivity contribution in [2.45, 2.75) is 19.8 Å². The molecule has 0 heterocycles. The first-order chi connectivity index (χ1) is 6.16. The first kappa shape index (κ1) is 11.7. The number of ether oxygens (including phenoxy) is 1. The molecule has 0 N–H and O–H groups in total. The molecule has 0 aromatic carbocycles. The van der Waals surface area contributed by atoms with E-state index >= 15 is 0 Å². The second-order valence-electron chi connectivity index (χ2n) is 2.68. The fourth-order valence-corrected chi connectivity index (χ4v) is 0.722. The maximum Gasteiger partial charge on any atom is 0.302 e. The lowest BCUT2D eigenvalue weighted by Crippen LogP contribution is -1.97. The lowest BCUT2D eigenvalue weighted by Gasteiger charge is -1.95. The van der Waals surface area contributed by atoms with Gasteiger partial charge in [0.2, 0.25) is 0 Å². The molecule has 2 heteroatoms. The molecule has 0 amide bonds. The van der Waals surface area contributed by atoms with E-state index in [1.807, 2.05) is 12.2 Å². The molecular weight excluding hydrogens is 164 g/mol. The van der Waals surface area contributed by atoms with Gasteiger partial charge in [0.05, 0.1) is 0 Å². The molecule has 0 fully saturated rings. The third-order valence-electron chi connectivity index (χ3n) is 1.47. The highest BCUT2D eigenvalue weighted by Crippen LogP contribution is 2.02. The zero-order chi connectivity index (χ0) is 10.1. The predicted molar refractivity (Wildman–Crippen MR) is 54.3 cm³/mol. The fraction of sp³-hybridized carbons (Fsp3) is 0.364. The minimum absolute atomic E-state index is 0.250. The van der Waals surface area contributed by atoms with E-state index in [4.69, 9.17) is 4.74 Å². The van der Waals surface area contributed by atoms with Gasteiger partial charge in [-0.15, -0.1) is 0 Å². The van der Waals surface area contributed by atoms with Crippen LogP contribution < -0.4 is 0 Å². The summed E-state index contributed by atoms with van der Waals surface area (Å²) in [6, 6.07) is 0. The van der Waals surface area contributed by atoms with Crippen LogP contribution >= 0.6 is 0 Å². The Morgan fingerprint density at radius 1 is 1.46 bits per heavy atom. The number of allylic oxidation sites excluding steroid dienone is 3. The summed E-state index contributed by atoms with van der Waals surface area (Å²) in [5.74, 6) is -0.250. The van der Waals surface area contributed by atoms with E-state index in [-0.39, 0.29) is 5.97 Å². The molecule has 0 saturated carbocycles. The van der Waals surface area contributed by atoms with Gasteiger partial charge in [0.25, 0.3) is 0 Å². The van der Waals surface area contributed by atoms with Crippen molar-refractivity contribution in [2.75, 3.05) is 6.61 Å². The van der Waals surface area contributed by atoms with Gasteiger partial charge in [-0.25, -0.2) is 0 Å². The van der Waals surface area contributed by atoms with E-state index in [1.165, 1.54) is 6.92 Å². The molecule has 0 aliphatic rings.